The van der Waals surface area contributed by atoms with Crippen LogP contribution in [0.3, 0.4) is 0 Å². The summed E-state index contributed by atoms with van der Waals surface area (Å²) in [4.78, 5) is 29.0. The van der Waals surface area contributed by atoms with Crippen LogP contribution in [0, 0.1) is 0 Å². The van der Waals surface area contributed by atoms with Crippen molar-refractivity contribution in [2.45, 2.75) is 23.9 Å². The Morgan fingerprint density at radius 3 is 2.12 bits per heavy atom. The van der Waals surface area contributed by atoms with Crippen LogP contribution in [0.25, 0.3) is 0 Å². The minimum absolute atomic E-state index is 0.0250. The maximum absolute atomic E-state index is 14.3. The molecule has 2 amide bonds. The Balaban J connectivity index is 1.79. The highest BCUT2D eigenvalue weighted by atomic mass is 35.5. The number of hydrogen-bond donors (Lipinski definition) is 1. The zero-order valence-electron chi connectivity index (χ0n) is 23.3. The van der Waals surface area contributed by atoms with E-state index in [2.05, 4.69) is 5.32 Å². The summed E-state index contributed by atoms with van der Waals surface area (Å²) in [5.74, 6) is -0.504. The first-order valence-corrected chi connectivity index (χ1v) is 15.1. The lowest BCUT2D eigenvalue weighted by Crippen LogP contribution is -2.53. The van der Waals surface area contributed by atoms with Crippen molar-refractivity contribution < 1.29 is 22.7 Å². The lowest BCUT2D eigenvalue weighted by Gasteiger charge is -2.33. The highest BCUT2D eigenvalue weighted by Gasteiger charge is 2.34. The van der Waals surface area contributed by atoms with Gasteiger partial charge in [-0.3, -0.25) is 13.9 Å². The van der Waals surface area contributed by atoms with E-state index in [0.29, 0.717) is 10.8 Å². The molecule has 4 aromatic carbocycles. The number of hydrogen-bond acceptors (Lipinski definition) is 5. The number of nitrogens with one attached hydrogen (secondary N) is 1. The molecule has 0 saturated heterocycles. The monoisotopic (exact) mass is 605 g/mol. The summed E-state index contributed by atoms with van der Waals surface area (Å²) in [6.45, 7) is -0.501. The van der Waals surface area contributed by atoms with E-state index in [1.807, 2.05) is 30.3 Å². The summed E-state index contributed by atoms with van der Waals surface area (Å²) in [6.07, 6.45) is 0.227. The smallest absolute Gasteiger partial charge is 0.264 e. The Bertz CT molecular complexity index is 1600. The second-order valence-corrected chi connectivity index (χ2v) is 11.8. The van der Waals surface area contributed by atoms with Gasteiger partial charge in [-0.2, -0.15) is 0 Å². The fraction of sp³-hybridized carbons (Fsp3) is 0.188. The molecule has 0 radical (unpaired) electrons. The van der Waals surface area contributed by atoms with Crippen molar-refractivity contribution in [2.24, 2.45) is 0 Å². The number of carbonyl (C=O) groups is 2. The number of halogens is 1. The van der Waals surface area contributed by atoms with Crippen LogP contribution in [0.5, 0.6) is 5.75 Å². The quantitative estimate of drug-likeness (QED) is 0.247. The predicted molar refractivity (Wildman–Crippen MR) is 164 cm³/mol. The standard InChI is InChI=1S/C32H32ClN3O5S/c1-34-32(38)30(20-24-10-5-3-6-11-24)35(22-25-16-18-26(33)19-17-25)31(37)23-36(27-12-9-13-28(21-27)41-2)42(39,40)29-14-7-4-8-15-29/h3-19,21,30H,20,22-23H2,1-2H3,(H,34,38). The van der Waals surface area contributed by atoms with E-state index in [-0.39, 0.29) is 29.5 Å². The molecular formula is C32H32ClN3O5S. The first-order valence-electron chi connectivity index (χ1n) is 13.2. The van der Waals surface area contributed by atoms with Crippen molar-refractivity contribution in [3.8, 4) is 5.75 Å². The normalized spacial score (nSPS) is 11.8. The van der Waals surface area contributed by atoms with Gasteiger partial charge in [-0.1, -0.05) is 78.3 Å². The minimum atomic E-state index is -4.18. The average molecular weight is 606 g/mol. The van der Waals surface area contributed by atoms with Gasteiger partial charge in [0.1, 0.15) is 18.3 Å². The van der Waals surface area contributed by atoms with E-state index in [9.17, 15) is 18.0 Å². The number of sulfonamides is 1. The van der Waals surface area contributed by atoms with Crippen molar-refractivity contribution in [1.29, 1.82) is 0 Å². The Labute approximate surface area is 251 Å². The number of methoxy groups -OCH3 is 1. The van der Waals surface area contributed by atoms with Gasteiger partial charge in [-0.25, -0.2) is 8.42 Å². The van der Waals surface area contributed by atoms with Gasteiger partial charge in [-0.05, 0) is 47.5 Å². The van der Waals surface area contributed by atoms with Gasteiger partial charge in [0.25, 0.3) is 10.0 Å². The molecule has 1 unspecified atom stereocenters. The molecule has 1 atom stereocenters. The molecule has 0 spiro atoms. The summed E-state index contributed by atoms with van der Waals surface area (Å²) >= 11 is 6.10. The largest absolute Gasteiger partial charge is 0.497 e. The molecule has 0 fully saturated rings. The zero-order valence-corrected chi connectivity index (χ0v) is 24.9. The molecule has 0 bridgehead atoms. The van der Waals surface area contributed by atoms with Gasteiger partial charge in [0.15, 0.2) is 0 Å². The van der Waals surface area contributed by atoms with Crippen LogP contribution in [0.2, 0.25) is 5.02 Å². The molecule has 4 aromatic rings. The third-order valence-corrected chi connectivity index (χ3v) is 8.78. The summed E-state index contributed by atoms with van der Waals surface area (Å²) in [5, 5.41) is 3.20. The number of nitrogens with zero attached hydrogens (tertiary/aromatic N) is 2. The molecule has 4 rings (SSSR count). The number of benzene rings is 4. The topological polar surface area (TPSA) is 96.0 Å². The summed E-state index contributed by atoms with van der Waals surface area (Å²) in [5.41, 5.74) is 1.83. The lowest BCUT2D eigenvalue weighted by molar-refractivity contribution is -0.139. The zero-order chi connectivity index (χ0) is 30.1. The number of amides is 2. The third kappa shape index (κ3) is 7.48. The Morgan fingerprint density at radius 1 is 0.857 bits per heavy atom. The molecule has 1 N–H and O–H groups in total. The van der Waals surface area contributed by atoms with Crippen molar-refractivity contribution in [1.82, 2.24) is 10.2 Å². The molecule has 8 nitrogen and oxygen atoms in total. The number of ether oxygens (including phenoxy) is 1. The lowest BCUT2D eigenvalue weighted by atomic mass is 10.0. The average Bonchev–Trinajstić information content (AvgIpc) is 3.02. The summed E-state index contributed by atoms with van der Waals surface area (Å²) in [7, 11) is -1.20. The molecule has 0 saturated carbocycles. The van der Waals surface area contributed by atoms with Crippen molar-refractivity contribution in [2.75, 3.05) is 25.0 Å². The summed E-state index contributed by atoms with van der Waals surface area (Å²) in [6, 6.07) is 29.8. The molecule has 42 heavy (non-hydrogen) atoms. The predicted octanol–water partition coefficient (Wildman–Crippen LogP) is 4.93. The van der Waals surface area contributed by atoms with Gasteiger partial charge in [0, 0.05) is 31.1 Å². The SMILES string of the molecule is CNC(=O)C(Cc1ccccc1)N(Cc1ccc(Cl)cc1)C(=O)CN(c1cccc(OC)c1)S(=O)(=O)c1ccccc1. The first-order chi connectivity index (χ1) is 20.2. The molecule has 0 heterocycles. The van der Waals surface area contributed by atoms with Crippen LogP contribution in [0.15, 0.2) is 114 Å². The summed E-state index contributed by atoms with van der Waals surface area (Å²) < 4.78 is 34.3. The van der Waals surface area contributed by atoms with E-state index in [1.54, 1.807) is 66.7 Å². The van der Waals surface area contributed by atoms with E-state index in [0.717, 1.165) is 15.4 Å². The van der Waals surface area contributed by atoms with Crippen LogP contribution in [0.4, 0.5) is 5.69 Å². The molecule has 0 aromatic heterocycles. The Kier molecular flexibility index (Phi) is 10.2. The number of carbonyl (C=O) groups excluding carboxylic acids is 2. The van der Waals surface area contributed by atoms with Crippen molar-refractivity contribution >= 4 is 39.1 Å². The van der Waals surface area contributed by atoms with E-state index in [1.165, 1.54) is 31.2 Å². The highest BCUT2D eigenvalue weighted by Crippen LogP contribution is 2.28. The van der Waals surface area contributed by atoms with Gasteiger partial charge in [0.05, 0.1) is 17.7 Å². The van der Waals surface area contributed by atoms with Crippen molar-refractivity contribution in [3.63, 3.8) is 0 Å². The Morgan fingerprint density at radius 2 is 1.50 bits per heavy atom. The van der Waals surface area contributed by atoms with Crippen LogP contribution < -0.4 is 14.4 Å². The number of anilines is 1. The van der Waals surface area contributed by atoms with Crippen LogP contribution in [-0.2, 0) is 32.6 Å². The second kappa shape index (κ2) is 14.0. The van der Waals surface area contributed by atoms with Gasteiger partial charge in [0.2, 0.25) is 11.8 Å². The molecule has 0 aliphatic carbocycles. The van der Waals surface area contributed by atoms with Crippen LogP contribution >= 0.6 is 11.6 Å². The van der Waals surface area contributed by atoms with Gasteiger partial charge < -0.3 is 15.0 Å². The third-order valence-electron chi connectivity index (χ3n) is 6.74. The molecule has 0 aliphatic heterocycles. The van der Waals surface area contributed by atoms with Gasteiger partial charge >= 0.3 is 0 Å². The molecule has 0 aliphatic rings. The maximum atomic E-state index is 14.3. The van der Waals surface area contributed by atoms with Crippen LogP contribution in [-0.4, -0.2) is 51.9 Å². The molecule has 218 valence electrons. The highest BCUT2D eigenvalue weighted by molar-refractivity contribution is 7.92. The Hall–Kier alpha value is -4.34. The minimum Gasteiger partial charge on any atom is -0.497 e. The molecular weight excluding hydrogens is 574 g/mol. The van der Waals surface area contributed by atoms with Gasteiger partial charge in [-0.15, -0.1) is 0 Å². The van der Waals surface area contributed by atoms with E-state index in [4.69, 9.17) is 16.3 Å². The van der Waals surface area contributed by atoms with Crippen LogP contribution in [0.1, 0.15) is 11.1 Å². The van der Waals surface area contributed by atoms with Crippen molar-refractivity contribution in [3.05, 3.63) is 125 Å². The van der Waals surface area contributed by atoms with E-state index >= 15 is 0 Å². The number of likely N-dealkylation sites (N-methyl/N-ethyl adjacent to an activating group) is 1. The van der Waals surface area contributed by atoms with E-state index < -0.39 is 28.5 Å². The fourth-order valence-corrected chi connectivity index (χ4v) is 6.07. The maximum Gasteiger partial charge on any atom is 0.264 e. The first kappa shape index (κ1) is 30.6. The fourth-order valence-electron chi connectivity index (χ4n) is 4.52. The second-order valence-electron chi connectivity index (χ2n) is 9.49. The molecule has 10 heteroatoms. The number of rotatable bonds is 12.